The van der Waals surface area contributed by atoms with Crippen LogP contribution < -0.4 is 4.74 Å². The second-order valence-corrected chi connectivity index (χ2v) is 16.2. The van der Waals surface area contributed by atoms with Gasteiger partial charge < -0.3 is 14.7 Å². The molecule has 52 heavy (non-hydrogen) atoms. The van der Waals surface area contributed by atoms with Crippen molar-refractivity contribution < 1.29 is 27.4 Å². The minimum absolute atomic E-state index is 0.0490. The van der Waals surface area contributed by atoms with Gasteiger partial charge in [-0.15, -0.1) is 0 Å². The number of aromatic hydroxyl groups is 1. The molecule has 0 heterocycles. The number of sulfonamides is 1. The van der Waals surface area contributed by atoms with Crippen molar-refractivity contribution in [3.63, 3.8) is 0 Å². The van der Waals surface area contributed by atoms with Crippen LogP contribution in [0.1, 0.15) is 46.5 Å². The Bertz CT molecular complexity index is 2120. The summed E-state index contributed by atoms with van der Waals surface area (Å²) in [6.07, 6.45) is 0. The molecule has 7 nitrogen and oxygen atoms in total. The highest BCUT2D eigenvalue weighted by Crippen LogP contribution is 2.43. The van der Waals surface area contributed by atoms with Gasteiger partial charge in [0.1, 0.15) is 16.6 Å². The molecule has 5 aromatic carbocycles. The number of nitrogens with zero attached hydrogens (tertiary/aromatic N) is 2. The Morgan fingerprint density at radius 3 is 1.96 bits per heavy atom. The SMILES string of the molecule is CC(C)COc1c(Cl)cc(CN(Cc2ccc(C(=O)N(Cc3ccc(F)cc3)Cc3cc(Cl)cc(Cl)c3)cc2)S(=O)(=O)c2ccccc2)c(O)c1Cl. The third-order valence-electron chi connectivity index (χ3n) is 7.95. The predicted octanol–water partition coefficient (Wildman–Crippen LogP) is 10.4. The van der Waals surface area contributed by atoms with Gasteiger partial charge in [0.05, 0.1) is 16.5 Å². The van der Waals surface area contributed by atoms with Crippen LogP contribution in [0.25, 0.3) is 0 Å². The lowest BCUT2D eigenvalue weighted by Crippen LogP contribution is -2.31. The lowest BCUT2D eigenvalue weighted by atomic mass is 10.1. The molecule has 0 saturated carbocycles. The van der Waals surface area contributed by atoms with Gasteiger partial charge in [-0.1, -0.05) is 103 Å². The molecule has 0 fully saturated rings. The molecule has 13 heteroatoms. The van der Waals surface area contributed by atoms with Crippen molar-refractivity contribution in [2.24, 2.45) is 5.92 Å². The van der Waals surface area contributed by atoms with Crippen molar-refractivity contribution in [2.75, 3.05) is 6.61 Å². The van der Waals surface area contributed by atoms with Crippen molar-refractivity contribution >= 4 is 62.3 Å². The fourth-order valence-electron chi connectivity index (χ4n) is 5.37. The molecular formula is C39H35Cl4FN2O5S. The average molecular weight is 805 g/mol. The first-order chi connectivity index (χ1) is 24.7. The van der Waals surface area contributed by atoms with Crippen molar-refractivity contribution in [1.82, 2.24) is 9.21 Å². The molecule has 0 saturated heterocycles. The van der Waals surface area contributed by atoms with E-state index in [-0.39, 0.29) is 70.0 Å². The normalized spacial score (nSPS) is 11.6. The summed E-state index contributed by atoms with van der Waals surface area (Å²) in [4.78, 5) is 15.6. The first-order valence-electron chi connectivity index (χ1n) is 16.2. The fraction of sp³-hybridized carbons (Fsp3) is 0.205. The first-order valence-corrected chi connectivity index (χ1v) is 19.1. The molecule has 0 aliphatic heterocycles. The van der Waals surface area contributed by atoms with E-state index >= 15 is 0 Å². The number of rotatable bonds is 14. The summed E-state index contributed by atoms with van der Waals surface area (Å²) >= 11 is 25.4. The summed E-state index contributed by atoms with van der Waals surface area (Å²) < 4.78 is 48.6. The van der Waals surface area contributed by atoms with E-state index in [0.29, 0.717) is 38.9 Å². The maximum absolute atomic E-state index is 14.0. The van der Waals surface area contributed by atoms with Gasteiger partial charge >= 0.3 is 0 Å². The zero-order valence-electron chi connectivity index (χ0n) is 28.2. The third kappa shape index (κ3) is 9.98. The summed E-state index contributed by atoms with van der Waals surface area (Å²) in [5, 5.41) is 11.9. The van der Waals surface area contributed by atoms with Crippen molar-refractivity contribution in [3.05, 3.63) is 157 Å². The highest BCUT2D eigenvalue weighted by Gasteiger charge is 2.28. The lowest BCUT2D eigenvalue weighted by Gasteiger charge is -2.25. The maximum Gasteiger partial charge on any atom is 0.254 e. The summed E-state index contributed by atoms with van der Waals surface area (Å²) in [5.74, 6) is -0.780. The molecule has 272 valence electrons. The van der Waals surface area contributed by atoms with Crippen LogP contribution in [0.4, 0.5) is 4.39 Å². The largest absolute Gasteiger partial charge is 0.506 e. The molecule has 0 aromatic heterocycles. The van der Waals surface area contributed by atoms with Gasteiger partial charge in [0.15, 0.2) is 5.75 Å². The van der Waals surface area contributed by atoms with Gasteiger partial charge in [-0.3, -0.25) is 4.79 Å². The number of ether oxygens (including phenoxy) is 1. The number of hydrogen-bond donors (Lipinski definition) is 1. The van der Waals surface area contributed by atoms with E-state index in [1.165, 1.54) is 34.6 Å². The van der Waals surface area contributed by atoms with Crippen LogP contribution in [-0.2, 0) is 36.2 Å². The zero-order valence-corrected chi connectivity index (χ0v) is 32.0. The molecule has 1 N–H and O–H groups in total. The van der Waals surface area contributed by atoms with E-state index in [1.807, 2.05) is 13.8 Å². The van der Waals surface area contributed by atoms with Gasteiger partial charge in [0.2, 0.25) is 10.0 Å². The molecule has 0 aliphatic carbocycles. The van der Waals surface area contributed by atoms with E-state index < -0.39 is 15.8 Å². The summed E-state index contributed by atoms with van der Waals surface area (Å²) in [6, 6.07) is 26.8. The minimum atomic E-state index is -4.11. The molecule has 0 unspecified atom stereocenters. The smallest absolute Gasteiger partial charge is 0.254 e. The maximum atomic E-state index is 14.0. The van der Waals surface area contributed by atoms with Crippen LogP contribution in [0, 0.1) is 11.7 Å². The summed E-state index contributed by atoms with van der Waals surface area (Å²) in [5.41, 5.74) is 2.50. The molecule has 5 rings (SSSR count). The van der Waals surface area contributed by atoms with Crippen molar-refractivity contribution in [2.45, 2.75) is 44.9 Å². The third-order valence-corrected chi connectivity index (χ3v) is 10.8. The standard InChI is InChI=1S/C39H35Cl4FN2O5S/c1-25(2)24-51-38-35(42)18-30(37(47)36(38)43)23-46(52(49,50)34-6-4-3-5-7-34)22-27-8-12-29(13-9-27)39(48)45(20-26-10-14-33(44)15-11-26)21-28-16-31(40)19-32(41)17-28/h3-19,25,47H,20-24H2,1-2H3. The molecule has 0 bridgehead atoms. The van der Waals surface area contributed by atoms with Gasteiger partial charge in [-0.2, -0.15) is 4.31 Å². The monoisotopic (exact) mass is 802 g/mol. The van der Waals surface area contributed by atoms with E-state index in [4.69, 9.17) is 51.1 Å². The Labute approximate surface area is 323 Å². The van der Waals surface area contributed by atoms with Crippen LogP contribution in [0.2, 0.25) is 20.1 Å². The van der Waals surface area contributed by atoms with Crippen LogP contribution in [-0.4, -0.2) is 35.2 Å². The second kappa shape index (κ2) is 17.3. The Hall–Kier alpha value is -3.83. The van der Waals surface area contributed by atoms with Crippen molar-refractivity contribution in [1.29, 1.82) is 0 Å². The molecule has 0 radical (unpaired) electrons. The number of carbonyl (C=O) groups is 1. The van der Waals surface area contributed by atoms with Gasteiger partial charge in [-0.25, -0.2) is 12.8 Å². The van der Waals surface area contributed by atoms with Crippen LogP contribution in [0.3, 0.4) is 0 Å². The zero-order chi connectivity index (χ0) is 37.6. The number of carbonyl (C=O) groups excluding carboxylic acids is 1. The molecular weight excluding hydrogens is 769 g/mol. The topological polar surface area (TPSA) is 87.2 Å². The molecule has 5 aromatic rings. The fourth-order valence-corrected chi connectivity index (χ4v) is 7.98. The minimum Gasteiger partial charge on any atom is -0.506 e. The van der Waals surface area contributed by atoms with Gasteiger partial charge in [0, 0.05) is 47.4 Å². The Balaban J connectivity index is 1.44. The van der Waals surface area contributed by atoms with Crippen LogP contribution in [0.15, 0.2) is 108 Å². The Kier molecular flexibility index (Phi) is 13.1. The summed E-state index contributed by atoms with van der Waals surface area (Å²) in [7, 11) is -4.11. The molecule has 0 spiro atoms. The molecule has 0 aliphatic rings. The van der Waals surface area contributed by atoms with E-state index in [9.17, 15) is 22.7 Å². The molecule has 0 atom stereocenters. The number of halogens is 5. The summed E-state index contributed by atoms with van der Waals surface area (Å²) in [6.45, 7) is 4.15. The number of benzene rings is 5. The molecule has 1 amide bonds. The van der Waals surface area contributed by atoms with Crippen molar-refractivity contribution in [3.8, 4) is 11.5 Å². The highest BCUT2D eigenvalue weighted by atomic mass is 35.5. The highest BCUT2D eigenvalue weighted by molar-refractivity contribution is 7.89. The number of phenols is 1. The van der Waals surface area contributed by atoms with E-state index in [0.717, 1.165) is 0 Å². The van der Waals surface area contributed by atoms with E-state index in [1.54, 1.807) is 77.7 Å². The predicted molar refractivity (Wildman–Crippen MR) is 204 cm³/mol. The Morgan fingerprint density at radius 1 is 0.769 bits per heavy atom. The van der Waals surface area contributed by atoms with Gasteiger partial charge in [0.25, 0.3) is 5.91 Å². The number of hydrogen-bond acceptors (Lipinski definition) is 5. The van der Waals surface area contributed by atoms with Crippen LogP contribution >= 0.6 is 46.4 Å². The number of amides is 1. The second-order valence-electron chi connectivity index (χ2n) is 12.6. The lowest BCUT2D eigenvalue weighted by molar-refractivity contribution is 0.0730. The van der Waals surface area contributed by atoms with Gasteiger partial charge in [-0.05, 0) is 83.3 Å². The Morgan fingerprint density at radius 2 is 1.35 bits per heavy atom. The first kappa shape index (κ1) is 39.4. The van der Waals surface area contributed by atoms with Crippen LogP contribution in [0.5, 0.6) is 11.5 Å². The average Bonchev–Trinajstić information content (AvgIpc) is 3.10. The van der Waals surface area contributed by atoms with E-state index in [2.05, 4.69) is 0 Å². The number of phenolic OH excluding ortho intramolecular Hbond substituents is 1. The quantitative estimate of drug-likeness (QED) is 0.121.